The van der Waals surface area contributed by atoms with E-state index in [4.69, 9.17) is 0 Å². The monoisotopic (exact) mass is 289 g/mol. The predicted octanol–water partition coefficient (Wildman–Crippen LogP) is 3.12. The fourth-order valence-electron chi connectivity index (χ4n) is 1.34. The first-order valence-electron chi connectivity index (χ1n) is 5.84. The molecule has 1 aromatic carbocycles. The highest BCUT2D eigenvalue weighted by molar-refractivity contribution is 5.81. The second-order valence-electron chi connectivity index (χ2n) is 3.58. The van der Waals surface area contributed by atoms with Crippen LogP contribution >= 0.6 is 0 Å². The summed E-state index contributed by atoms with van der Waals surface area (Å²) in [5.74, 6) is -0.835. The lowest BCUT2D eigenvalue weighted by molar-refractivity contribution is -0.274. The van der Waals surface area contributed by atoms with Crippen LogP contribution in [0.5, 0.6) is 5.75 Å². The molecule has 4 nitrogen and oxygen atoms in total. The molecule has 0 aliphatic carbocycles. The number of nitrogens with one attached hydrogen (secondary N) is 1. The van der Waals surface area contributed by atoms with Crippen molar-refractivity contribution in [2.75, 3.05) is 18.5 Å². The van der Waals surface area contributed by atoms with Crippen LogP contribution in [-0.4, -0.2) is 25.5 Å². The van der Waals surface area contributed by atoms with Gasteiger partial charge in [0.1, 0.15) is 0 Å². The third kappa shape index (κ3) is 6.12. The number of benzene rings is 1. The van der Waals surface area contributed by atoms with E-state index < -0.39 is 12.3 Å². The lowest BCUT2D eigenvalue weighted by Crippen LogP contribution is -2.18. The van der Waals surface area contributed by atoms with E-state index in [-0.39, 0.29) is 24.6 Å². The van der Waals surface area contributed by atoms with Crippen LogP contribution in [0.25, 0.3) is 0 Å². The van der Waals surface area contributed by atoms with Gasteiger partial charge >= 0.3 is 12.3 Å². The van der Waals surface area contributed by atoms with Gasteiger partial charge in [0, 0.05) is 12.6 Å². The first-order chi connectivity index (χ1) is 9.42. The van der Waals surface area contributed by atoms with E-state index in [0.717, 1.165) is 0 Å². The van der Waals surface area contributed by atoms with E-state index in [9.17, 15) is 18.0 Å². The molecule has 0 unspecified atom stereocenters. The molecule has 0 fully saturated rings. The van der Waals surface area contributed by atoms with Gasteiger partial charge in [0.2, 0.25) is 0 Å². The molecule has 0 bridgehead atoms. The number of alkyl halides is 3. The van der Waals surface area contributed by atoms with Gasteiger partial charge in [-0.15, -0.1) is 13.2 Å². The Morgan fingerprint density at radius 2 is 2.05 bits per heavy atom. The fraction of sp³-hybridized carbons (Fsp3) is 0.308. The molecule has 0 saturated heterocycles. The van der Waals surface area contributed by atoms with Gasteiger partial charge in [0.15, 0.2) is 5.75 Å². The molecule has 0 atom stereocenters. The maximum atomic E-state index is 12.2. The van der Waals surface area contributed by atoms with Crippen LogP contribution in [0, 0.1) is 0 Å². The molecule has 0 aliphatic heterocycles. The van der Waals surface area contributed by atoms with Gasteiger partial charge in [-0.2, -0.15) is 0 Å². The lowest BCUT2D eigenvalue weighted by Gasteiger charge is -2.13. The first-order valence-corrected chi connectivity index (χ1v) is 5.84. The second kappa shape index (κ2) is 7.42. The zero-order valence-electron chi connectivity index (χ0n) is 10.7. The quantitative estimate of drug-likeness (QED) is 0.645. The Kier molecular flexibility index (Phi) is 5.89. The summed E-state index contributed by atoms with van der Waals surface area (Å²) >= 11 is 0. The van der Waals surface area contributed by atoms with Crippen molar-refractivity contribution in [2.45, 2.75) is 13.3 Å². The summed E-state index contributed by atoms with van der Waals surface area (Å²) < 4.78 is 45.1. The van der Waals surface area contributed by atoms with Gasteiger partial charge in [0.05, 0.1) is 12.3 Å². The van der Waals surface area contributed by atoms with E-state index in [2.05, 4.69) is 14.8 Å². The van der Waals surface area contributed by atoms with Crippen LogP contribution in [0.15, 0.2) is 36.4 Å². The molecule has 0 heterocycles. The molecule has 0 saturated carbocycles. The number of carbonyl (C=O) groups is 1. The zero-order valence-corrected chi connectivity index (χ0v) is 10.7. The van der Waals surface area contributed by atoms with Crippen LogP contribution in [0.2, 0.25) is 0 Å². The first kappa shape index (κ1) is 15.9. The fourth-order valence-corrected chi connectivity index (χ4v) is 1.34. The van der Waals surface area contributed by atoms with Gasteiger partial charge in [-0.25, -0.2) is 4.79 Å². The van der Waals surface area contributed by atoms with Crippen LogP contribution in [0.1, 0.15) is 6.92 Å². The summed E-state index contributed by atoms with van der Waals surface area (Å²) in [6, 6.07) is 5.64. The van der Waals surface area contributed by atoms with Crippen molar-refractivity contribution in [1.29, 1.82) is 0 Å². The molecule has 110 valence electrons. The Hall–Kier alpha value is -2.18. The average Bonchev–Trinajstić information content (AvgIpc) is 2.35. The Labute approximate surface area is 114 Å². The summed E-state index contributed by atoms with van der Waals surface area (Å²) in [5, 5.41) is 2.71. The van der Waals surface area contributed by atoms with E-state index in [1.54, 1.807) is 13.0 Å². The highest BCUT2D eigenvalue weighted by atomic mass is 19.4. The topological polar surface area (TPSA) is 47.6 Å². The number of hydrogen-bond acceptors (Lipinski definition) is 4. The zero-order chi connectivity index (χ0) is 15.0. The van der Waals surface area contributed by atoms with Crippen molar-refractivity contribution in [1.82, 2.24) is 0 Å². The number of rotatable bonds is 6. The van der Waals surface area contributed by atoms with Gasteiger partial charge in [-0.3, -0.25) is 0 Å². The summed E-state index contributed by atoms with van der Waals surface area (Å²) in [6.07, 6.45) is -2.11. The number of carbonyl (C=O) groups excluding carboxylic acids is 1. The molecule has 0 aromatic heterocycles. The molecular formula is C13H14F3NO3. The number of ether oxygens (including phenoxy) is 2. The molecule has 0 amide bonds. The maximum Gasteiger partial charge on any atom is 0.573 e. The number of halogens is 3. The number of para-hydroxylation sites is 2. The van der Waals surface area contributed by atoms with Gasteiger partial charge in [0.25, 0.3) is 0 Å². The lowest BCUT2D eigenvalue weighted by atomic mass is 10.3. The van der Waals surface area contributed by atoms with Crippen molar-refractivity contribution in [3.8, 4) is 5.75 Å². The maximum absolute atomic E-state index is 12.2. The van der Waals surface area contributed by atoms with E-state index in [1.807, 2.05) is 0 Å². The third-order valence-corrected chi connectivity index (χ3v) is 2.06. The Balaban J connectivity index is 2.58. The number of hydrogen-bond donors (Lipinski definition) is 1. The summed E-state index contributed by atoms with van der Waals surface area (Å²) in [6.45, 7) is 2.10. The van der Waals surface area contributed by atoms with Crippen molar-refractivity contribution in [3.63, 3.8) is 0 Å². The second-order valence-corrected chi connectivity index (χ2v) is 3.58. The molecule has 1 rings (SSSR count). The predicted molar refractivity (Wildman–Crippen MR) is 67.4 cm³/mol. The van der Waals surface area contributed by atoms with Crippen LogP contribution < -0.4 is 10.1 Å². The number of esters is 1. The van der Waals surface area contributed by atoms with Crippen molar-refractivity contribution in [2.24, 2.45) is 0 Å². The Morgan fingerprint density at radius 3 is 2.70 bits per heavy atom. The van der Waals surface area contributed by atoms with Crippen molar-refractivity contribution in [3.05, 3.63) is 36.4 Å². The van der Waals surface area contributed by atoms with Gasteiger partial charge in [-0.05, 0) is 19.1 Å². The van der Waals surface area contributed by atoms with Crippen molar-refractivity contribution < 1.29 is 27.4 Å². The summed E-state index contributed by atoms with van der Waals surface area (Å²) in [7, 11) is 0. The van der Waals surface area contributed by atoms with Crippen LogP contribution in [0.4, 0.5) is 18.9 Å². The normalized spacial score (nSPS) is 11.4. The molecule has 0 radical (unpaired) electrons. The summed E-state index contributed by atoms with van der Waals surface area (Å²) in [4.78, 5) is 11.0. The minimum atomic E-state index is -4.75. The average molecular weight is 289 g/mol. The van der Waals surface area contributed by atoms with Crippen LogP contribution in [0.3, 0.4) is 0 Å². The van der Waals surface area contributed by atoms with Crippen LogP contribution in [-0.2, 0) is 9.53 Å². The Bertz CT molecular complexity index is 472. The molecule has 7 heteroatoms. The molecule has 1 aromatic rings. The molecular weight excluding hydrogens is 275 g/mol. The van der Waals surface area contributed by atoms with E-state index >= 15 is 0 Å². The minimum Gasteiger partial charge on any atom is -0.463 e. The summed E-state index contributed by atoms with van der Waals surface area (Å²) in [5.41, 5.74) is 0.179. The van der Waals surface area contributed by atoms with Gasteiger partial charge in [-0.1, -0.05) is 18.2 Å². The smallest absolute Gasteiger partial charge is 0.463 e. The molecule has 0 aliphatic rings. The molecule has 1 N–H and O–H groups in total. The van der Waals surface area contributed by atoms with Crippen molar-refractivity contribution >= 4 is 11.7 Å². The minimum absolute atomic E-state index is 0.164. The van der Waals surface area contributed by atoms with E-state index in [1.165, 1.54) is 30.4 Å². The highest BCUT2D eigenvalue weighted by Gasteiger charge is 2.31. The highest BCUT2D eigenvalue weighted by Crippen LogP contribution is 2.29. The Morgan fingerprint density at radius 1 is 1.35 bits per heavy atom. The standard InChI is InChI=1S/C13H14F3NO3/c1-2-19-12(18)8-5-9-17-10-6-3-4-7-11(10)20-13(14,15)16/h3-8,17H,2,9H2,1H3/b8-5+. The largest absolute Gasteiger partial charge is 0.573 e. The SMILES string of the molecule is CCOC(=O)/C=C/CNc1ccccc1OC(F)(F)F. The number of anilines is 1. The van der Waals surface area contributed by atoms with Gasteiger partial charge < -0.3 is 14.8 Å². The van der Waals surface area contributed by atoms with E-state index in [0.29, 0.717) is 0 Å². The molecule has 0 spiro atoms. The third-order valence-electron chi connectivity index (χ3n) is 2.06. The molecule has 20 heavy (non-hydrogen) atoms.